The first-order valence-electron chi connectivity index (χ1n) is 7.16. The predicted octanol–water partition coefficient (Wildman–Crippen LogP) is 2.76. The highest BCUT2D eigenvalue weighted by atomic mass is 16.6. The molecule has 0 saturated heterocycles. The normalized spacial score (nSPS) is 16.8. The van der Waals surface area contributed by atoms with Gasteiger partial charge in [-0.15, -0.1) is 0 Å². The highest BCUT2D eigenvalue weighted by Gasteiger charge is 2.28. The zero-order chi connectivity index (χ0) is 14.5. The van der Waals surface area contributed by atoms with E-state index in [1.165, 1.54) is 6.07 Å². The molecule has 1 N–H and O–H groups in total. The molecule has 1 atom stereocenters. The molecule has 5 heteroatoms. The second-order valence-electron chi connectivity index (χ2n) is 5.30. The molecule has 20 heavy (non-hydrogen) atoms. The minimum atomic E-state index is -0.343. The number of hydrogen-bond donors (Lipinski definition) is 1. The molecular weight excluding hydrogens is 256 g/mol. The van der Waals surface area contributed by atoms with Crippen LogP contribution in [0.4, 0.5) is 5.69 Å². The summed E-state index contributed by atoms with van der Waals surface area (Å²) in [4.78, 5) is 22.4. The van der Waals surface area contributed by atoms with Gasteiger partial charge in [-0.3, -0.25) is 14.9 Å². The van der Waals surface area contributed by atoms with Crippen molar-refractivity contribution in [3.05, 3.63) is 39.4 Å². The molecule has 1 unspecified atom stereocenters. The molecule has 1 amide bonds. The van der Waals surface area contributed by atoms with Gasteiger partial charge in [-0.25, -0.2) is 0 Å². The second-order valence-corrected chi connectivity index (χ2v) is 5.30. The van der Waals surface area contributed by atoms with Gasteiger partial charge in [-0.1, -0.05) is 31.9 Å². The number of benzene rings is 1. The molecular formula is C15H20N2O3. The van der Waals surface area contributed by atoms with Crippen molar-refractivity contribution >= 4 is 11.6 Å². The van der Waals surface area contributed by atoms with E-state index in [2.05, 4.69) is 12.2 Å². The summed E-state index contributed by atoms with van der Waals surface area (Å²) in [6, 6.07) is 5.15. The molecule has 0 aliphatic heterocycles. The number of carbonyl (C=O) groups excluding carboxylic acids is 1. The molecule has 1 aliphatic rings. The minimum absolute atomic E-state index is 0.000210. The van der Waals surface area contributed by atoms with Crippen molar-refractivity contribution in [3.8, 4) is 0 Å². The van der Waals surface area contributed by atoms with Gasteiger partial charge in [0.15, 0.2) is 0 Å². The summed E-state index contributed by atoms with van der Waals surface area (Å²) in [5, 5.41) is 14.0. The lowest BCUT2D eigenvalue weighted by atomic mass is 10.1. The Labute approximate surface area is 118 Å². The Bertz CT molecular complexity index is 514. The number of nitro groups is 1. The van der Waals surface area contributed by atoms with E-state index in [1.54, 1.807) is 6.07 Å². The van der Waals surface area contributed by atoms with Crippen LogP contribution in [0.5, 0.6) is 0 Å². The molecule has 1 aliphatic carbocycles. The maximum Gasteiger partial charge on any atom is 0.272 e. The van der Waals surface area contributed by atoms with Crippen LogP contribution in [0.25, 0.3) is 0 Å². The first-order valence-corrected chi connectivity index (χ1v) is 7.16. The quantitative estimate of drug-likeness (QED) is 0.493. The first-order chi connectivity index (χ1) is 9.61. The molecule has 0 spiro atoms. The van der Waals surface area contributed by atoms with E-state index in [9.17, 15) is 14.9 Å². The summed E-state index contributed by atoms with van der Waals surface area (Å²) < 4.78 is 0. The Morgan fingerprint density at radius 1 is 1.40 bits per heavy atom. The van der Waals surface area contributed by atoms with E-state index in [1.807, 2.05) is 6.07 Å². The molecule has 5 nitrogen and oxygen atoms in total. The fraction of sp³-hybridized carbons (Fsp3) is 0.533. The van der Waals surface area contributed by atoms with Crippen molar-refractivity contribution in [1.29, 1.82) is 0 Å². The van der Waals surface area contributed by atoms with E-state index in [4.69, 9.17) is 0 Å². The van der Waals surface area contributed by atoms with Gasteiger partial charge >= 0.3 is 0 Å². The summed E-state index contributed by atoms with van der Waals surface area (Å²) in [6.45, 7) is 2.10. The Kier molecular flexibility index (Phi) is 4.71. The van der Waals surface area contributed by atoms with Crippen molar-refractivity contribution in [1.82, 2.24) is 5.32 Å². The Hall–Kier alpha value is -1.91. The maximum atomic E-state index is 11.8. The standard InChI is InChI=1S/C15H20N2O3/c1-2-3-4-8-15(18)16-12-9-11-6-5-7-14(17(19)20)13(11)10-12/h5-7,12H,2-4,8-10H2,1H3,(H,16,18). The van der Waals surface area contributed by atoms with Crippen molar-refractivity contribution in [2.75, 3.05) is 0 Å². The van der Waals surface area contributed by atoms with Gasteiger partial charge in [0.2, 0.25) is 5.91 Å². The Morgan fingerprint density at radius 2 is 2.20 bits per heavy atom. The van der Waals surface area contributed by atoms with Gasteiger partial charge in [0, 0.05) is 24.1 Å². The monoisotopic (exact) mass is 276 g/mol. The number of rotatable bonds is 6. The van der Waals surface area contributed by atoms with Gasteiger partial charge in [0.1, 0.15) is 0 Å². The van der Waals surface area contributed by atoms with Gasteiger partial charge < -0.3 is 5.32 Å². The minimum Gasteiger partial charge on any atom is -0.353 e. The third-order valence-corrected chi connectivity index (χ3v) is 3.73. The van der Waals surface area contributed by atoms with Crippen LogP contribution in [0, 0.1) is 10.1 Å². The smallest absolute Gasteiger partial charge is 0.272 e. The highest BCUT2D eigenvalue weighted by molar-refractivity contribution is 5.76. The van der Waals surface area contributed by atoms with Crippen LogP contribution in [0.3, 0.4) is 0 Å². The molecule has 0 radical (unpaired) electrons. The van der Waals surface area contributed by atoms with Crippen LogP contribution in [0.1, 0.15) is 43.7 Å². The summed E-state index contributed by atoms with van der Waals surface area (Å²) in [5.74, 6) is 0.0545. The predicted molar refractivity (Wildman–Crippen MR) is 76.6 cm³/mol. The number of carbonyl (C=O) groups is 1. The zero-order valence-corrected chi connectivity index (χ0v) is 11.7. The highest BCUT2D eigenvalue weighted by Crippen LogP contribution is 2.30. The molecule has 0 saturated carbocycles. The van der Waals surface area contributed by atoms with Crippen molar-refractivity contribution < 1.29 is 9.72 Å². The van der Waals surface area contributed by atoms with Crippen molar-refractivity contribution in [2.45, 2.75) is 51.5 Å². The van der Waals surface area contributed by atoms with E-state index in [0.717, 1.165) is 30.4 Å². The fourth-order valence-electron chi connectivity index (χ4n) is 2.74. The maximum absolute atomic E-state index is 11.8. The average molecular weight is 276 g/mol. The van der Waals surface area contributed by atoms with Crippen molar-refractivity contribution in [2.24, 2.45) is 0 Å². The third-order valence-electron chi connectivity index (χ3n) is 3.73. The molecule has 1 aromatic rings. The topological polar surface area (TPSA) is 72.2 Å². The van der Waals surface area contributed by atoms with Crippen LogP contribution in [0.2, 0.25) is 0 Å². The average Bonchev–Trinajstić information content (AvgIpc) is 2.80. The van der Waals surface area contributed by atoms with Gasteiger partial charge in [-0.05, 0) is 24.8 Å². The van der Waals surface area contributed by atoms with Crippen LogP contribution < -0.4 is 5.32 Å². The van der Waals surface area contributed by atoms with Crippen LogP contribution in [-0.2, 0) is 17.6 Å². The zero-order valence-electron chi connectivity index (χ0n) is 11.7. The third kappa shape index (κ3) is 3.35. The Balaban J connectivity index is 1.94. The second kappa shape index (κ2) is 6.50. The number of amides is 1. The molecule has 0 aromatic heterocycles. The molecule has 1 aromatic carbocycles. The van der Waals surface area contributed by atoms with Gasteiger partial charge in [0.25, 0.3) is 5.69 Å². The van der Waals surface area contributed by atoms with Gasteiger partial charge in [-0.2, -0.15) is 0 Å². The van der Waals surface area contributed by atoms with Crippen LogP contribution in [0.15, 0.2) is 18.2 Å². The Morgan fingerprint density at radius 3 is 2.90 bits per heavy atom. The molecule has 2 rings (SSSR count). The lowest BCUT2D eigenvalue weighted by Crippen LogP contribution is -2.35. The molecule has 0 fully saturated rings. The number of fused-ring (bicyclic) bond motifs is 1. The van der Waals surface area contributed by atoms with E-state index in [0.29, 0.717) is 19.3 Å². The van der Waals surface area contributed by atoms with E-state index < -0.39 is 0 Å². The number of unbranched alkanes of at least 4 members (excludes halogenated alkanes) is 2. The van der Waals surface area contributed by atoms with Crippen molar-refractivity contribution in [3.63, 3.8) is 0 Å². The number of nitro benzene ring substituents is 1. The summed E-state index contributed by atoms with van der Waals surface area (Å²) in [7, 11) is 0. The van der Waals surface area contributed by atoms with E-state index in [-0.39, 0.29) is 22.6 Å². The lowest BCUT2D eigenvalue weighted by molar-refractivity contribution is -0.385. The van der Waals surface area contributed by atoms with E-state index >= 15 is 0 Å². The first kappa shape index (κ1) is 14.5. The molecule has 108 valence electrons. The lowest BCUT2D eigenvalue weighted by Gasteiger charge is -2.11. The number of hydrogen-bond acceptors (Lipinski definition) is 3. The fourth-order valence-corrected chi connectivity index (χ4v) is 2.74. The van der Waals surface area contributed by atoms with Crippen LogP contribution in [-0.4, -0.2) is 16.9 Å². The number of nitrogens with zero attached hydrogens (tertiary/aromatic N) is 1. The molecule has 0 heterocycles. The van der Waals surface area contributed by atoms with Gasteiger partial charge in [0.05, 0.1) is 4.92 Å². The summed E-state index contributed by atoms with van der Waals surface area (Å²) >= 11 is 0. The largest absolute Gasteiger partial charge is 0.353 e. The SMILES string of the molecule is CCCCCC(=O)NC1Cc2cccc([N+](=O)[O-])c2C1. The molecule has 0 bridgehead atoms. The summed E-state index contributed by atoms with van der Waals surface area (Å²) in [6.07, 6.45) is 4.85. The summed E-state index contributed by atoms with van der Waals surface area (Å²) in [5.41, 5.74) is 1.93. The number of nitrogens with one attached hydrogen (secondary N) is 1. The van der Waals surface area contributed by atoms with Crippen LogP contribution >= 0.6 is 0 Å².